The molecule has 3 aromatic rings. The summed E-state index contributed by atoms with van der Waals surface area (Å²) in [5, 5.41) is 14.7. The van der Waals surface area contributed by atoms with E-state index in [9.17, 15) is 14.7 Å². The van der Waals surface area contributed by atoms with Crippen LogP contribution < -0.4 is 15.3 Å². The largest absolute Gasteiger partial charge is 0.545 e. The predicted molar refractivity (Wildman–Crippen MR) is 101 cm³/mol. The average Bonchev–Trinajstić information content (AvgIpc) is 3.17. The third-order valence-corrected chi connectivity index (χ3v) is 3.94. The maximum atomic E-state index is 11.9. The molecule has 0 unspecified atom stereocenters. The van der Waals surface area contributed by atoms with E-state index in [0.29, 0.717) is 17.1 Å². The minimum absolute atomic E-state index is 0.0941. The molecule has 1 aromatic heterocycles. The van der Waals surface area contributed by atoms with Crippen molar-refractivity contribution in [2.24, 2.45) is 5.10 Å². The van der Waals surface area contributed by atoms with E-state index in [4.69, 9.17) is 9.15 Å². The Morgan fingerprint density at radius 2 is 1.79 bits per heavy atom. The van der Waals surface area contributed by atoms with Crippen LogP contribution in [0.3, 0.4) is 0 Å². The number of amides is 1. The lowest BCUT2D eigenvalue weighted by Crippen LogP contribution is -2.21. The number of ether oxygens (including phenoxy) is 1. The van der Waals surface area contributed by atoms with E-state index in [-0.39, 0.29) is 17.9 Å². The standard InChI is InChI=1S/C21H18N2O5/c1-27-17-8-2-14(3-9-17)12-20(24)23-22-13-18-10-11-19(28-18)15-4-6-16(7-5-15)21(25)26/h2-11,13H,12H2,1H3,(H,23,24)(H,25,26)/p-1/b22-13-. The molecule has 3 rings (SSSR count). The highest BCUT2D eigenvalue weighted by atomic mass is 16.5. The summed E-state index contributed by atoms with van der Waals surface area (Å²) >= 11 is 0. The number of carbonyl (C=O) groups excluding carboxylic acids is 2. The normalized spacial score (nSPS) is 10.8. The van der Waals surface area contributed by atoms with Crippen LogP contribution in [0.2, 0.25) is 0 Å². The van der Waals surface area contributed by atoms with Gasteiger partial charge in [0.2, 0.25) is 5.91 Å². The van der Waals surface area contributed by atoms with Crippen LogP contribution in [-0.4, -0.2) is 25.2 Å². The monoisotopic (exact) mass is 377 g/mol. The van der Waals surface area contributed by atoms with Crippen molar-refractivity contribution in [3.8, 4) is 17.1 Å². The van der Waals surface area contributed by atoms with Crippen molar-refractivity contribution in [1.29, 1.82) is 0 Å². The molecule has 0 aliphatic rings. The highest BCUT2D eigenvalue weighted by Gasteiger charge is 2.05. The summed E-state index contributed by atoms with van der Waals surface area (Å²) in [5.41, 5.74) is 4.10. The topological polar surface area (TPSA) is 104 Å². The number of hydrazone groups is 1. The van der Waals surface area contributed by atoms with Crippen molar-refractivity contribution in [3.05, 3.63) is 77.6 Å². The quantitative estimate of drug-likeness (QED) is 0.501. The first-order valence-electron chi connectivity index (χ1n) is 8.41. The van der Waals surface area contributed by atoms with Crippen LogP contribution in [-0.2, 0) is 11.2 Å². The maximum absolute atomic E-state index is 11.9. The number of nitrogens with zero attached hydrogens (tertiary/aromatic N) is 1. The van der Waals surface area contributed by atoms with Gasteiger partial charge in [-0.05, 0) is 35.4 Å². The van der Waals surface area contributed by atoms with E-state index in [1.807, 2.05) is 12.1 Å². The third kappa shape index (κ3) is 4.85. The summed E-state index contributed by atoms with van der Waals surface area (Å²) in [6.07, 6.45) is 1.58. The van der Waals surface area contributed by atoms with Crippen LogP contribution in [0.1, 0.15) is 21.7 Å². The summed E-state index contributed by atoms with van der Waals surface area (Å²) in [7, 11) is 1.58. The van der Waals surface area contributed by atoms with E-state index in [2.05, 4.69) is 10.5 Å². The van der Waals surface area contributed by atoms with Crippen LogP contribution in [0.15, 0.2) is 70.2 Å². The van der Waals surface area contributed by atoms with Gasteiger partial charge >= 0.3 is 0 Å². The molecule has 7 nitrogen and oxygen atoms in total. The Balaban J connectivity index is 1.55. The Hall–Kier alpha value is -3.87. The van der Waals surface area contributed by atoms with Gasteiger partial charge in [-0.15, -0.1) is 0 Å². The summed E-state index contributed by atoms with van der Waals surface area (Å²) in [5.74, 6) is 0.236. The van der Waals surface area contributed by atoms with Gasteiger partial charge in [0.25, 0.3) is 0 Å². The van der Waals surface area contributed by atoms with Gasteiger partial charge in [0, 0.05) is 5.56 Å². The molecule has 142 valence electrons. The van der Waals surface area contributed by atoms with Gasteiger partial charge < -0.3 is 19.1 Å². The van der Waals surface area contributed by atoms with E-state index in [0.717, 1.165) is 11.3 Å². The molecule has 0 atom stereocenters. The molecule has 0 aliphatic carbocycles. The molecule has 0 fully saturated rings. The lowest BCUT2D eigenvalue weighted by atomic mass is 10.1. The smallest absolute Gasteiger partial charge is 0.244 e. The molecule has 1 heterocycles. The molecule has 1 N–H and O–H groups in total. The summed E-state index contributed by atoms with van der Waals surface area (Å²) < 4.78 is 10.7. The Morgan fingerprint density at radius 3 is 2.43 bits per heavy atom. The molecule has 0 bridgehead atoms. The van der Waals surface area contributed by atoms with Gasteiger partial charge in [0.1, 0.15) is 17.3 Å². The number of carboxylic acids is 1. The second-order valence-corrected chi connectivity index (χ2v) is 5.88. The number of nitrogens with one attached hydrogen (secondary N) is 1. The van der Waals surface area contributed by atoms with E-state index >= 15 is 0 Å². The van der Waals surface area contributed by atoms with Crippen molar-refractivity contribution in [2.75, 3.05) is 7.11 Å². The third-order valence-electron chi connectivity index (χ3n) is 3.94. The SMILES string of the molecule is COc1ccc(CC(=O)N/N=C\c2ccc(-c3ccc(C(=O)[O-])cc3)o2)cc1. The van der Waals surface area contributed by atoms with Crippen LogP contribution >= 0.6 is 0 Å². The van der Waals surface area contributed by atoms with Gasteiger partial charge in [-0.3, -0.25) is 4.79 Å². The number of aromatic carboxylic acids is 1. The van der Waals surface area contributed by atoms with Crippen LogP contribution in [0, 0.1) is 0 Å². The lowest BCUT2D eigenvalue weighted by molar-refractivity contribution is -0.255. The van der Waals surface area contributed by atoms with Crippen LogP contribution in [0.4, 0.5) is 0 Å². The fourth-order valence-corrected chi connectivity index (χ4v) is 2.48. The first-order valence-corrected chi connectivity index (χ1v) is 8.41. The molecule has 0 spiro atoms. The molecule has 0 radical (unpaired) electrons. The van der Waals surface area contributed by atoms with Crippen molar-refractivity contribution in [1.82, 2.24) is 5.43 Å². The van der Waals surface area contributed by atoms with E-state index in [1.165, 1.54) is 18.3 Å². The molecule has 0 saturated carbocycles. The number of carbonyl (C=O) groups is 2. The van der Waals surface area contributed by atoms with Crippen molar-refractivity contribution in [3.63, 3.8) is 0 Å². The highest BCUT2D eigenvalue weighted by molar-refractivity contribution is 5.86. The van der Waals surface area contributed by atoms with Crippen molar-refractivity contribution >= 4 is 18.1 Å². The molecular weight excluding hydrogens is 360 g/mol. The Morgan fingerprint density at radius 1 is 1.07 bits per heavy atom. The fourth-order valence-electron chi connectivity index (χ4n) is 2.48. The molecule has 2 aromatic carbocycles. The van der Waals surface area contributed by atoms with E-state index in [1.54, 1.807) is 43.5 Å². The predicted octanol–water partition coefficient (Wildman–Crippen LogP) is 2.01. The van der Waals surface area contributed by atoms with Gasteiger partial charge in [-0.1, -0.05) is 36.4 Å². The second-order valence-electron chi connectivity index (χ2n) is 5.88. The number of hydrogen-bond acceptors (Lipinski definition) is 6. The minimum atomic E-state index is -1.23. The minimum Gasteiger partial charge on any atom is -0.545 e. The van der Waals surface area contributed by atoms with Crippen LogP contribution in [0.25, 0.3) is 11.3 Å². The number of hydrogen-bond donors (Lipinski definition) is 1. The highest BCUT2D eigenvalue weighted by Crippen LogP contribution is 2.22. The van der Waals surface area contributed by atoms with Gasteiger partial charge in [0.05, 0.1) is 25.7 Å². The zero-order chi connectivity index (χ0) is 19.9. The van der Waals surface area contributed by atoms with Gasteiger partial charge in [0.15, 0.2) is 0 Å². The molecular formula is C21H17N2O5-. The zero-order valence-corrected chi connectivity index (χ0v) is 15.0. The first kappa shape index (κ1) is 18.9. The van der Waals surface area contributed by atoms with Crippen molar-refractivity contribution < 1.29 is 23.8 Å². The Bertz CT molecular complexity index is 988. The number of benzene rings is 2. The van der Waals surface area contributed by atoms with Gasteiger partial charge in [-0.25, -0.2) is 5.43 Å². The molecule has 0 saturated heterocycles. The Labute approximate surface area is 161 Å². The fraction of sp³-hybridized carbons (Fsp3) is 0.0952. The second kappa shape index (κ2) is 8.68. The summed E-state index contributed by atoms with van der Waals surface area (Å²) in [4.78, 5) is 22.7. The summed E-state index contributed by atoms with van der Waals surface area (Å²) in [6, 6.07) is 16.8. The lowest BCUT2D eigenvalue weighted by Gasteiger charge is -2.03. The molecule has 0 aliphatic heterocycles. The van der Waals surface area contributed by atoms with Crippen molar-refractivity contribution in [2.45, 2.75) is 6.42 Å². The average molecular weight is 377 g/mol. The number of furan rings is 1. The first-order chi connectivity index (χ1) is 13.5. The molecule has 7 heteroatoms. The number of rotatable bonds is 7. The van der Waals surface area contributed by atoms with Crippen LogP contribution in [0.5, 0.6) is 5.75 Å². The van der Waals surface area contributed by atoms with Gasteiger partial charge in [-0.2, -0.15) is 5.10 Å². The maximum Gasteiger partial charge on any atom is 0.244 e. The molecule has 1 amide bonds. The summed E-state index contributed by atoms with van der Waals surface area (Å²) in [6.45, 7) is 0. The molecule has 28 heavy (non-hydrogen) atoms. The zero-order valence-electron chi connectivity index (χ0n) is 15.0. The Kier molecular flexibility index (Phi) is 5.86. The van der Waals surface area contributed by atoms with E-state index < -0.39 is 5.97 Å². The number of methoxy groups -OCH3 is 1. The number of carboxylic acid groups (broad SMARTS) is 1.